The van der Waals surface area contributed by atoms with Gasteiger partial charge in [-0.1, -0.05) is 46.3 Å². The second kappa shape index (κ2) is 6.65. The van der Waals surface area contributed by atoms with Crippen LogP contribution in [0.2, 0.25) is 0 Å². The van der Waals surface area contributed by atoms with Gasteiger partial charge in [-0.15, -0.1) is 0 Å². The van der Waals surface area contributed by atoms with Crippen molar-refractivity contribution in [3.63, 3.8) is 0 Å². The highest BCUT2D eigenvalue weighted by Gasteiger charge is 2.51. The first-order valence-corrected chi connectivity index (χ1v) is 7.14. The van der Waals surface area contributed by atoms with E-state index in [2.05, 4.69) is 33.4 Å². The molecule has 0 aromatic heterocycles. The van der Waals surface area contributed by atoms with Crippen LogP contribution in [0.1, 0.15) is 5.56 Å². The monoisotopic (exact) mass is 393 g/mol. The lowest BCUT2D eigenvalue weighted by atomic mass is 10.0. The lowest BCUT2D eigenvalue weighted by Gasteiger charge is -2.33. The van der Waals surface area contributed by atoms with Gasteiger partial charge in [0.15, 0.2) is 12.4 Å². The molecule has 2 fully saturated rings. The second-order valence-corrected chi connectivity index (χ2v) is 5.87. The van der Waals surface area contributed by atoms with E-state index in [0.717, 1.165) is 6.54 Å². The molecule has 0 spiro atoms. The Bertz CT molecular complexity index is 390. The van der Waals surface area contributed by atoms with Crippen molar-refractivity contribution in [1.82, 2.24) is 0 Å². The van der Waals surface area contributed by atoms with Crippen molar-refractivity contribution in [1.29, 1.82) is 0 Å². The molecule has 2 saturated heterocycles. The van der Waals surface area contributed by atoms with Crippen LogP contribution in [0.15, 0.2) is 30.3 Å². The molecule has 0 saturated carbocycles. The molecule has 0 radical (unpaired) electrons. The molecule has 2 aliphatic rings. The van der Waals surface area contributed by atoms with Crippen LogP contribution in [0, 0.1) is 0 Å². The van der Waals surface area contributed by atoms with Crippen molar-refractivity contribution < 1.29 is 36.9 Å². The van der Waals surface area contributed by atoms with E-state index >= 15 is 0 Å². The summed E-state index contributed by atoms with van der Waals surface area (Å²) < 4.78 is 11.0. The summed E-state index contributed by atoms with van der Waals surface area (Å²) in [5, 5.41) is 12.4. The lowest BCUT2D eigenvalue weighted by Crippen LogP contribution is -3.00. The number of alkyl halides is 1. The molecule has 19 heavy (non-hydrogen) atoms. The summed E-state index contributed by atoms with van der Waals surface area (Å²) in [6, 6.07) is 10.3. The van der Waals surface area contributed by atoms with Crippen LogP contribution in [-0.4, -0.2) is 41.1 Å². The third kappa shape index (κ3) is 3.20. The van der Waals surface area contributed by atoms with E-state index in [0.29, 0.717) is 6.61 Å². The van der Waals surface area contributed by atoms with E-state index in [1.165, 1.54) is 5.56 Å². The van der Waals surface area contributed by atoms with Gasteiger partial charge in [0.2, 0.25) is 0 Å². The number of nitrogens with two attached hydrogens (primary N) is 1. The number of aliphatic hydroxyl groups is 1. The topological polar surface area (TPSA) is 55.3 Å². The van der Waals surface area contributed by atoms with Crippen LogP contribution >= 0.6 is 15.9 Å². The lowest BCUT2D eigenvalue weighted by molar-refractivity contribution is -0.715. The van der Waals surface area contributed by atoms with E-state index in [1.54, 1.807) is 0 Å². The number of benzene rings is 1. The number of aliphatic hydroxyl groups excluding tert-OH is 1. The van der Waals surface area contributed by atoms with E-state index < -0.39 is 12.4 Å². The predicted molar refractivity (Wildman–Crippen MR) is 69.2 cm³/mol. The number of halogens is 2. The van der Waals surface area contributed by atoms with Crippen molar-refractivity contribution >= 4 is 15.9 Å². The zero-order chi connectivity index (χ0) is 12.5. The smallest absolute Gasteiger partial charge is 0.189 e. The number of ether oxygens (including phenoxy) is 2. The Morgan fingerprint density at radius 3 is 2.79 bits per heavy atom. The standard InChI is InChI=1S/C13H16BrNO3.BrH/c14-10-9-7-17-13(18-9)12(16)11(10)15-6-8-4-2-1-3-5-8;/h1-5,9-13,15-16H,6-7H2;1H/t9-,10-,11+,12-,13-;/m1./s1. The predicted octanol–water partition coefficient (Wildman–Crippen LogP) is -3.00. The molecule has 4 nitrogen and oxygen atoms in total. The average molecular weight is 395 g/mol. The molecule has 5 atom stereocenters. The average Bonchev–Trinajstić information content (AvgIpc) is 2.85. The Labute approximate surface area is 131 Å². The van der Waals surface area contributed by atoms with Crippen LogP contribution in [0.3, 0.4) is 0 Å². The fraction of sp³-hybridized carbons (Fsp3) is 0.538. The van der Waals surface area contributed by atoms with Crippen LogP contribution in [0.5, 0.6) is 0 Å². The van der Waals surface area contributed by atoms with Gasteiger partial charge >= 0.3 is 0 Å². The van der Waals surface area contributed by atoms with Crippen molar-refractivity contribution in [2.45, 2.75) is 35.9 Å². The number of quaternary nitrogens is 1. The molecule has 1 aromatic rings. The molecular formula is C13H17Br2NO3. The zero-order valence-electron chi connectivity index (χ0n) is 10.3. The van der Waals surface area contributed by atoms with Gasteiger partial charge in [0, 0.05) is 5.56 Å². The molecule has 0 aliphatic carbocycles. The molecule has 3 rings (SSSR count). The normalized spacial score (nSPS) is 36.8. The van der Waals surface area contributed by atoms with Gasteiger partial charge in [-0.25, -0.2) is 0 Å². The van der Waals surface area contributed by atoms with Crippen LogP contribution in [0.4, 0.5) is 0 Å². The van der Waals surface area contributed by atoms with Crippen LogP contribution in [-0.2, 0) is 16.0 Å². The summed E-state index contributed by atoms with van der Waals surface area (Å²) in [6.45, 7) is 1.41. The third-order valence-electron chi connectivity index (χ3n) is 3.60. The molecule has 3 N–H and O–H groups in total. The zero-order valence-corrected chi connectivity index (χ0v) is 13.5. The SMILES string of the molecule is O[C@H]1[C@@H]2OC[C@@H](O2)[C@@H](Br)[C@@H]1[NH2+]Cc1ccccc1.[Br-]. The molecule has 106 valence electrons. The molecule has 2 aliphatic heterocycles. The minimum Gasteiger partial charge on any atom is -1.00 e. The third-order valence-corrected chi connectivity index (χ3v) is 4.80. The molecule has 6 heteroatoms. The van der Waals surface area contributed by atoms with Crippen LogP contribution < -0.4 is 22.3 Å². The number of fused-ring (bicyclic) bond motifs is 2. The summed E-state index contributed by atoms with van der Waals surface area (Å²) in [5.41, 5.74) is 1.25. The number of hydrogen-bond acceptors (Lipinski definition) is 3. The highest BCUT2D eigenvalue weighted by molar-refractivity contribution is 9.09. The summed E-state index contributed by atoms with van der Waals surface area (Å²) >= 11 is 3.63. The fourth-order valence-electron chi connectivity index (χ4n) is 2.56. The van der Waals surface area contributed by atoms with Crippen molar-refractivity contribution in [2.24, 2.45) is 0 Å². The van der Waals surface area contributed by atoms with Crippen molar-refractivity contribution in [2.75, 3.05) is 6.61 Å². The van der Waals surface area contributed by atoms with E-state index in [-0.39, 0.29) is 34.0 Å². The Morgan fingerprint density at radius 2 is 2.05 bits per heavy atom. The summed E-state index contributed by atoms with van der Waals surface area (Å²) in [7, 11) is 0. The van der Waals surface area contributed by atoms with Gasteiger partial charge in [0.1, 0.15) is 18.7 Å². The van der Waals surface area contributed by atoms with Gasteiger partial charge in [0.25, 0.3) is 0 Å². The number of rotatable bonds is 3. The summed E-state index contributed by atoms with van der Waals surface area (Å²) in [4.78, 5) is 0.120. The maximum atomic E-state index is 10.2. The number of hydrogen-bond donors (Lipinski definition) is 2. The Kier molecular flexibility index (Phi) is 5.39. The molecular weight excluding hydrogens is 378 g/mol. The van der Waals surface area contributed by atoms with Crippen LogP contribution in [0.25, 0.3) is 0 Å². The molecule has 0 amide bonds. The minimum atomic E-state index is -0.586. The fourth-order valence-corrected chi connectivity index (χ4v) is 3.37. The second-order valence-electron chi connectivity index (χ2n) is 4.81. The van der Waals surface area contributed by atoms with E-state index in [4.69, 9.17) is 9.47 Å². The Morgan fingerprint density at radius 1 is 1.32 bits per heavy atom. The van der Waals surface area contributed by atoms with Gasteiger partial charge < -0.3 is 36.9 Å². The highest BCUT2D eigenvalue weighted by Crippen LogP contribution is 2.30. The maximum Gasteiger partial charge on any atom is 0.189 e. The maximum absolute atomic E-state index is 10.2. The first-order chi connectivity index (χ1) is 8.75. The van der Waals surface area contributed by atoms with Gasteiger partial charge in [-0.2, -0.15) is 0 Å². The minimum absolute atomic E-state index is 0. The molecule has 0 unspecified atom stereocenters. The molecule has 1 aromatic carbocycles. The summed E-state index contributed by atoms with van der Waals surface area (Å²) in [6.07, 6.45) is -0.993. The van der Waals surface area contributed by atoms with Crippen molar-refractivity contribution in [3.8, 4) is 0 Å². The van der Waals surface area contributed by atoms with Crippen molar-refractivity contribution in [3.05, 3.63) is 35.9 Å². The van der Waals surface area contributed by atoms with Gasteiger partial charge in [0.05, 0.1) is 11.4 Å². The van der Waals surface area contributed by atoms with Gasteiger partial charge in [-0.3, -0.25) is 0 Å². The Hall–Kier alpha value is 0.0200. The highest BCUT2D eigenvalue weighted by atomic mass is 79.9. The van der Waals surface area contributed by atoms with E-state index in [1.807, 2.05) is 18.2 Å². The van der Waals surface area contributed by atoms with E-state index in [9.17, 15) is 5.11 Å². The molecule has 2 bridgehead atoms. The molecule has 2 heterocycles. The van der Waals surface area contributed by atoms with Gasteiger partial charge in [-0.05, 0) is 0 Å². The quantitative estimate of drug-likeness (QED) is 0.537. The first kappa shape index (κ1) is 15.4. The Balaban J connectivity index is 0.00000133. The first-order valence-electron chi connectivity index (χ1n) is 6.22. The largest absolute Gasteiger partial charge is 1.00 e. The summed E-state index contributed by atoms with van der Waals surface area (Å²) in [5.74, 6) is 0.